The lowest BCUT2D eigenvalue weighted by molar-refractivity contribution is 0.598. The fraction of sp³-hybridized carbons (Fsp3) is 0.0588. The molecule has 132 valence electrons. The summed E-state index contributed by atoms with van der Waals surface area (Å²) in [4.78, 5) is 0. The first-order chi connectivity index (χ1) is 11.7. The molecule has 0 radical (unpaired) electrons. The largest absolute Gasteiger partial charge is 0.223 e. The van der Waals surface area contributed by atoms with Crippen LogP contribution in [-0.2, 0) is 19.7 Å². The van der Waals surface area contributed by atoms with E-state index in [2.05, 4.69) is 45.2 Å². The molecule has 0 aliphatic heterocycles. The molecule has 0 bridgehead atoms. The summed E-state index contributed by atoms with van der Waals surface area (Å²) in [5.74, 6) is 0. The molecule has 0 atom stereocenters. The summed E-state index contributed by atoms with van der Waals surface area (Å²) in [7, 11) is -7.76. The molecule has 0 saturated carbocycles. The molecule has 25 heavy (non-hydrogen) atoms. The van der Waals surface area contributed by atoms with Gasteiger partial charge in [0.25, 0.3) is 0 Å². The van der Waals surface area contributed by atoms with Crippen molar-refractivity contribution in [3.8, 4) is 0 Å². The fourth-order valence-electron chi connectivity index (χ4n) is 1.82. The molecule has 0 heterocycles. The van der Waals surface area contributed by atoms with E-state index in [1.165, 1.54) is 12.2 Å². The van der Waals surface area contributed by atoms with Gasteiger partial charge in [-0.25, -0.2) is 16.8 Å². The van der Waals surface area contributed by atoms with Crippen molar-refractivity contribution in [2.24, 2.45) is 0 Å². The lowest BCUT2D eigenvalue weighted by Crippen LogP contribution is -2.11. The van der Waals surface area contributed by atoms with Gasteiger partial charge in [-0.05, 0) is 92.7 Å². The number of benzene rings is 2. The van der Waals surface area contributed by atoms with Crippen molar-refractivity contribution in [3.63, 3.8) is 0 Å². The Morgan fingerprint density at radius 2 is 0.960 bits per heavy atom. The molecule has 0 saturated heterocycles. The van der Waals surface area contributed by atoms with Crippen molar-refractivity contribution in [3.05, 3.63) is 77.6 Å². The average Bonchev–Trinajstić information content (AvgIpc) is 2.53. The second-order valence-corrected chi connectivity index (χ2v) is 11.8. The van der Waals surface area contributed by atoms with Crippen LogP contribution in [0.25, 0.3) is 12.2 Å². The van der Waals surface area contributed by atoms with E-state index in [0.717, 1.165) is 18.0 Å². The number of halogens is 2. The highest BCUT2D eigenvalue weighted by molar-refractivity contribution is 14.1. The fourth-order valence-corrected chi connectivity index (χ4v) is 5.73. The van der Waals surface area contributed by atoms with Crippen LogP contribution in [-0.4, -0.2) is 21.9 Å². The second-order valence-electron chi connectivity index (χ2n) is 5.15. The summed E-state index contributed by atoms with van der Waals surface area (Å²) in [6.45, 7) is 0. The molecular formula is C17H14I2O4S2. The van der Waals surface area contributed by atoms with Gasteiger partial charge in [-0.3, -0.25) is 0 Å². The summed E-state index contributed by atoms with van der Waals surface area (Å²) in [5, 5.41) is 0.915. The number of hydrogen-bond donors (Lipinski definition) is 0. The quantitative estimate of drug-likeness (QED) is 0.464. The first kappa shape index (κ1) is 20.6. The highest BCUT2D eigenvalue weighted by atomic mass is 127. The molecule has 0 unspecified atom stereocenters. The Bertz CT molecular complexity index is 906. The lowest BCUT2D eigenvalue weighted by Gasteiger charge is -1.99. The van der Waals surface area contributed by atoms with Gasteiger partial charge in [-0.15, -0.1) is 0 Å². The molecule has 2 aromatic rings. The zero-order valence-corrected chi connectivity index (χ0v) is 18.8. The van der Waals surface area contributed by atoms with E-state index in [4.69, 9.17) is 0 Å². The Kier molecular flexibility index (Phi) is 7.23. The van der Waals surface area contributed by atoms with Gasteiger partial charge in [0.2, 0.25) is 0 Å². The van der Waals surface area contributed by atoms with Crippen LogP contribution in [0.3, 0.4) is 0 Å². The molecule has 0 N–H and O–H groups in total. The standard InChI is InChI=1S/C17H14I2O4S2/c18-16-5-1-14(2-6-16)9-11-24(20,21)13-25(22,23)12-10-15-3-7-17(19)8-4-15/h1-12H,13H2. The van der Waals surface area contributed by atoms with Crippen LogP contribution in [0.5, 0.6) is 0 Å². The van der Waals surface area contributed by atoms with Crippen LogP contribution < -0.4 is 0 Å². The summed E-state index contributed by atoms with van der Waals surface area (Å²) in [5.41, 5.74) is 1.38. The van der Waals surface area contributed by atoms with Gasteiger partial charge in [-0.2, -0.15) is 0 Å². The molecule has 0 fully saturated rings. The predicted octanol–water partition coefficient (Wildman–Crippen LogP) is 4.32. The molecule has 8 heteroatoms. The van der Waals surface area contributed by atoms with E-state index in [-0.39, 0.29) is 0 Å². The van der Waals surface area contributed by atoms with E-state index in [1.807, 2.05) is 24.3 Å². The maximum Gasteiger partial charge on any atom is 0.186 e. The van der Waals surface area contributed by atoms with Crippen LogP contribution >= 0.6 is 45.2 Å². The SMILES string of the molecule is O=S(=O)(C=Cc1ccc(I)cc1)CS(=O)(=O)C=Cc1ccc(I)cc1. The van der Waals surface area contributed by atoms with Gasteiger partial charge in [0, 0.05) is 18.0 Å². The third-order valence-electron chi connectivity index (χ3n) is 3.00. The summed E-state index contributed by atoms with van der Waals surface area (Å²) in [6.07, 6.45) is 2.79. The van der Waals surface area contributed by atoms with E-state index >= 15 is 0 Å². The smallest absolute Gasteiger partial charge is 0.186 e. The maximum atomic E-state index is 12.0. The van der Waals surface area contributed by atoms with Crippen LogP contribution in [0.15, 0.2) is 59.3 Å². The zero-order valence-electron chi connectivity index (χ0n) is 12.8. The Balaban J connectivity index is 2.09. The third-order valence-corrected chi connectivity index (χ3v) is 8.17. The topological polar surface area (TPSA) is 68.3 Å². The highest BCUT2D eigenvalue weighted by Gasteiger charge is 2.17. The van der Waals surface area contributed by atoms with Gasteiger partial charge in [0.05, 0.1) is 0 Å². The zero-order chi connectivity index (χ0) is 18.5. The van der Waals surface area contributed by atoms with Crippen molar-refractivity contribution < 1.29 is 16.8 Å². The number of sulfone groups is 2. The van der Waals surface area contributed by atoms with Gasteiger partial charge in [0.15, 0.2) is 24.8 Å². The molecule has 0 aromatic heterocycles. The predicted molar refractivity (Wildman–Crippen MR) is 119 cm³/mol. The molecular weight excluding hydrogens is 586 g/mol. The van der Waals surface area contributed by atoms with Crippen LogP contribution in [0.4, 0.5) is 0 Å². The normalized spacial score (nSPS) is 12.9. The minimum Gasteiger partial charge on any atom is -0.223 e. The van der Waals surface area contributed by atoms with Gasteiger partial charge in [-0.1, -0.05) is 24.3 Å². The monoisotopic (exact) mass is 600 g/mol. The van der Waals surface area contributed by atoms with E-state index in [1.54, 1.807) is 24.3 Å². The summed E-state index contributed by atoms with van der Waals surface area (Å²) in [6, 6.07) is 14.4. The summed E-state index contributed by atoms with van der Waals surface area (Å²) < 4.78 is 50.2. The van der Waals surface area contributed by atoms with Crippen molar-refractivity contribution in [1.29, 1.82) is 0 Å². The summed E-state index contributed by atoms with van der Waals surface area (Å²) >= 11 is 4.29. The minimum absolute atomic E-state index is 0.691. The van der Waals surface area contributed by atoms with Crippen molar-refractivity contribution >= 4 is 77.0 Å². The van der Waals surface area contributed by atoms with Crippen LogP contribution in [0.2, 0.25) is 0 Å². The van der Waals surface area contributed by atoms with E-state index < -0.39 is 24.8 Å². The van der Waals surface area contributed by atoms with Crippen molar-refractivity contribution in [2.75, 3.05) is 5.08 Å². The van der Waals surface area contributed by atoms with Gasteiger partial charge < -0.3 is 0 Å². The molecule has 0 aliphatic rings. The molecule has 0 aliphatic carbocycles. The van der Waals surface area contributed by atoms with Crippen LogP contribution in [0.1, 0.15) is 11.1 Å². The van der Waals surface area contributed by atoms with Crippen LogP contribution in [0, 0.1) is 7.14 Å². The average molecular weight is 600 g/mol. The molecule has 0 spiro atoms. The third kappa shape index (κ3) is 7.59. The van der Waals surface area contributed by atoms with Gasteiger partial charge >= 0.3 is 0 Å². The van der Waals surface area contributed by atoms with Gasteiger partial charge in [0.1, 0.15) is 0 Å². The van der Waals surface area contributed by atoms with E-state index in [9.17, 15) is 16.8 Å². The minimum atomic E-state index is -3.88. The second kappa shape index (κ2) is 8.78. The Labute approximate surface area is 175 Å². The number of hydrogen-bond acceptors (Lipinski definition) is 4. The van der Waals surface area contributed by atoms with E-state index in [0.29, 0.717) is 11.1 Å². The molecule has 2 rings (SSSR count). The molecule has 4 nitrogen and oxygen atoms in total. The Morgan fingerprint density at radius 1 is 0.640 bits per heavy atom. The highest BCUT2D eigenvalue weighted by Crippen LogP contribution is 2.12. The van der Waals surface area contributed by atoms with Crippen molar-refractivity contribution in [1.82, 2.24) is 0 Å². The Morgan fingerprint density at radius 3 is 1.28 bits per heavy atom. The first-order valence-corrected chi connectivity index (χ1v) is 12.6. The lowest BCUT2D eigenvalue weighted by atomic mass is 10.2. The number of rotatable bonds is 6. The first-order valence-electron chi connectivity index (χ1n) is 6.98. The van der Waals surface area contributed by atoms with Crippen molar-refractivity contribution in [2.45, 2.75) is 0 Å². The molecule has 0 amide bonds. The molecule has 2 aromatic carbocycles. The maximum absolute atomic E-state index is 12.0. The Hall–Kier alpha value is -0.720.